The number of hydrogen-bond acceptors (Lipinski definition) is 3. The summed E-state index contributed by atoms with van der Waals surface area (Å²) in [6.07, 6.45) is 6.39. The van der Waals surface area contributed by atoms with Crippen LogP contribution in [-0.4, -0.2) is 53.6 Å². The van der Waals surface area contributed by atoms with Gasteiger partial charge in [-0.15, -0.1) is 0 Å². The highest BCUT2D eigenvalue weighted by molar-refractivity contribution is 8.00. The summed E-state index contributed by atoms with van der Waals surface area (Å²) in [6.45, 7) is 3.03. The Labute approximate surface area is 156 Å². The van der Waals surface area contributed by atoms with E-state index in [2.05, 4.69) is 10.2 Å². The van der Waals surface area contributed by atoms with Gasteiger partial charge < -0.3 is 10.2 Å². The number of carbonyl (C=O) groups excluding carboxylic acids is 1. The second kappa shape index (κ2) is 8.52. The molecule has 0 bridgehead atoms. The van der Waals surface area contributed by atoms with E-state index in [4.69, 9.17) is 0 Å². The normalized spacial score (nSPS) is 20.2. The average Bonchev–Trinajstić information content (AvgIpc) is 2.61. The summed E-state index contributed by atoms with van der Waals surface area (Å²) in [6, 6.07) is 6.26. The fraction of sp³-hybridized carbons (Fsp3) is 0.611. The number of nitrogens with one attached hydrogen (secondary N) is 1. The minimum atomic E-state index is -4.34. The predicted octanol–water partition coefficient (Wildman–Crippen LogP) is 4.78. The van der Waals surface area contributed by atoms with Crippen molar-refractivity contribution < 1.29 is 18.0 Å². The van der Waals surface area contributed by atoms with Crippen molar-refractivity contribution in [3.8, 4) is 0 Å². The summed E-state index contributed by atoms with van der Waals surface area (Å²) in [5.41, 5.74) is -3.95. The molecule has 4 nitrogen and oxygen atoms in total. The third kappa shape index (κ3) is 5.54. The van der Waals surface area contributed by atoms with Gasteiger partial charge in [-0.05, 0) is 42.8 Å². The van der Waals surface area contributed by atoms with Crippen LogP contribution in [0.25, 0.3) is 0 Å². The van der Waals surface area contributed by atoms with E-state index in [-0.39, 0.29) is 22.7 Å². The van der Waals surface area contributed by atoms with Crippen LogP contribution in [0.1, 0.15) is 32.1 Å². The maximum absolute atomic E-state index is 12.5. The summed E-state index contributed by atoms with van der Waals surface area (Å²) >= 11 is -0.178. The Balaban J connectivity index is 1.50. The van der Waals surface area contributed by atoms with Gasteiger partial charge in [-0.2, -0.15) is 13.2 Å². The number of anilines is 1. The molecule has 144 valence electrons. The zero-order chi connectivity index (χ0) is 18.6. The van der Waals surface area contributed by atoms with E-state index in [0.717, 1.165) is 13.1 Å². The van der Waals surface area contributed by atoms with E-state index in [1.54, 1.807) is 11.0 Å². The lowest BCUT2D eigenvalue weighted by molar-refractivity contribution is -0.0328. The molecule has 1 N–H and O–H groups in total. The summed E-state index contributed by atoms with van der Waals surface area (Å²) in [7, 11) is 0. The maximum atomic E-state index is 12.5. The molecule has 0 spiro atoms. The van der Waals surface area contributed by atoms with Crippen LogP contribution in [0.2, 0.25) is 0 Å². The molecule has 26 heavy (non-hydrogen) atoms. The maximum Gasteiger partial charge on any atom is 0.446 e. The van der Waals surface area contributed by atoms with Crippen LogP contribution < -0.4 is 5.32 Å². The van der Waals surface area contributed by atoms with Crippen molar-refractivity contribution in [2.45, 2.75) is 48.5 Å². The van der Waals surface area contributed by atoms with Crippen molar-refractivity contribution >= 4 is 23.5 Å². The van der Waals surface area contributed by atoms with E-state index in [0.29, 0.717) is 24.8 Å². The zero-order valence-electron chi connectivity index (χ0n) is 14.6. The summed E-state index contributed by atoms with van der Waals surface area (Å²) in [5.74, 6) is 0. The average molecular weight is 387 g/mol. The highest BCUT2D eigenvalue weighted by atomic mass is 32.2. The smallest absolute Gasteiger partial charge is 0.322 e. The van der Waals surface area contributed by atoms with Crippen LogP contribution >= 0.6 is 11.8 Å². The SMILES string of the molecule is O=C(Nc1cccc(SC(F)(F)F)c1)N1CCN(C2CCCCC2)CC1. The minimum Gasteiger partial charge on any atom is -0.322 e. The van der Waals surface area contributed by atoms with Gasteiger partial charge in [-0.1, -0.05) is 25.3 Å². The second-order valence-corrected chi connectivity index (χ2v) is 7.96. The molecular weight excluding hydrogens is 363 g/mol. The second-order valence-electron chi connectivity index (χ2n) is 6.82. The molecule has 1 aliphatic heterocycles. The van der Waals surface area contributed by atoms with Crippen LogP contribution in [0.15, 0.2) is 29.2 Å². The molecule has 0 unspecified atom stereocenters. The van der Waals surface area contributed by atoms with Crippen molar-refractivity contribution in [1.29, 1.82) is 0 Å². The molecule has 0 atom stereocenters. The first-order valence-electron chi connectivity index (χ1n) is 9.06. The molecule has 1 saturated heterocycles. The summed E-state index contributed by atoms with van der Waals surface area (Å²) in [4.78, 5) is 16.7. The quantitative estimate of drug-likeness (QED) is 0.758. The number of nitrogens with zero attached hydrogens (tertiary/aromatic N) is 2. The number of hydrogen-bond donors (Lipinski definition) is 1. The topological polar surface area (TPSA) is 35.6 Å². The molecule has 2 aliphatic rings. The van der Waals surface area contributed by atoms with E-state index >= 15 is 0 Å². The Morgan fingerprint density at radius 1 is 1.08 bits per heavy atom. The van der Waals surface area contributed by atoms with Crippen molar-refractivity contribution in [1.82, 2.24) is 9.80 Å². The highest BCUT2D eigenvalue weighted by Crippen LogP contribution is 2.37. The Morgan fingerprint density at radius 2 is 1.77 bits per heavy atom. The lowest BCUT2D eigenvalue weighted by Crippen LogP contribution is -2.53. The van der Waals surface area contributed by atoms with Crippen LogP contribution in [0.3, 0.4) is 0 Å². The molecule has 1 aromatic carbocycles. The first kappa shape index (κ1) is 19.4. The summed E-state index contributed by atoms with van der Waals surface area (Å²) in [5, 5.41) is 2.72. The number of urea groups is 1. The van der Waals surface area contributed by atoms with E-state index in [1.807, 2.05) is 0 Å². The summed E-state index contributed by atoms with van der Waals surface area (Å²) < 4.78 is 37.4. The highest BCUT2D eigenvalue weighted by Gasteiger charge is 2.30. The van der Waals surface area contributed by atoms with Gasteiger partial charge in [0.15, 0.2) is 0 Å². The van der Waals surface area contributed by atoms with Crippen molar-refractivity contribution in [2.75, 3.05) is 31.5 Å². The van der Waals surface area contributed by atoms with Crippen LogP contribution in [-0.2, 0) is 0 Å². The molecule has 1 saturated carbocycles. The molecule has 8 heteroatoms. The van der Waals surface area contributed by atoms with E-state index < -0.39 is 5.51 Å². The first-order valence-corrected chi connectivity index (χ1v) is 9.88. The Kier molecular flexibility index (Phi) is 6.34. The monoisotopic (exact) mass is 387 g/mol. The molecule has 1 aliphatic carbocycles. The van der Waals surface area contributed by atoms with Crippen LogP contribution in [0.5, 0.6) is 0 Å². The van der Waals surface area contributed by atoms with Crippen molar-refractivity contribution in [2.24, 2.45) is 0 Å². The van der Waals surface area contributed by atoms with Gasteiger partial charge in [0, 0.05) is 42.8 Å². The lowest BCUT2D eigenvalue weighted by atomic mass is 9.94. The number of halogens is 3. The third-order valence-corrected chi connectivity index (χ3v) is 5.73. The molecule has 0 aromatic heterocycles. The number of rotatable bonds is 3. The van der Waals surface area contributed by atoms with Gasteiger partial charge in [-0.3, -0.25) is 4.90 Å². The zero-order valence-corrected chi connectivity index (χ0v) is 15.4. The molecule has 3 rings (SSSR count). The number of piperazine rings is 1. The number of alkyl halides is 3. The van der Waals surface area contributed by atoms with E-state index in [1.165, 1.54) is 50.3 Å². The van der Waals surface area contributed by atoms with Gasteiger partial charge in [0.1, 0.15) is 0 Å². The van der Waals surface area contributed by atoms with Crippen molar-refractivity contribution in [3.05, 3.63) is 24.3 Å². The molecule has 0 radical (unpaired) electrons. The molecular formula is C18H24F3N3OS. The number of carbonyl (C=O) groups is 1. The fourth-order valence-electron chi connectivity index (χ4n) is 3.71. The number of thioether (sulfide) groups is 1. The Morgan fingerprint density at radius 3 is 2.42 bits per heavy atom. The van der Waals surface area contributed by atoms with Crippen LogP contribution in [0.4, 0.5) is 23.7 Å². The van der Waals surface area contributed by atoms with Crippen molar-refractivity contribution in [3.63, 3.8) is 0 Å². The standard InChI is InChI=1S/C18H24F3N3OS/c19-18(20,21)26-16-8-4-5-14(13-16)22-17(25)24-11-9-23(10-12-24)15-6-2-1-3-7-15/h4-5,8,13,15H,1-3,6-7,9-12H2,(H,22,25). The van der Waals surface area contributed by atoms with Gasteiger partial charge >= 0.3 is 11.5 Å². The minimum absolute atomic E-state index is 0.0671. The number of amides is 2. The predicted molar refractivity (Wildman–Crippen MR) is 97.4 cm³/mol. The first-order chi connectivity index (χ1) is 12.4. The molecule has 1 aromatic rings. The Hall–Kier alpha value is -1.41. The molecule has 1 heterocycles. The third-order valence-electron chi connectivity index (χ3n) is 5.01. The molecule has 2 amide bonds. The van der Waals surface area contributed by atoms with Gasteiger partial charge in [0.25, 0.3) is 0 Å². The van der Waals surface area contributed by atoms with Gasteiger partial charge in [0.05, 0.1) is 0 Å². The largest absolute Gasteiger partial charge is 0.446 e. The lowest BCUT2D eigenvalue weighted by Gasteiger charge is -2.40. The van der Waals surface area contributed by atoms with Gasteiger partial charge in [0.2, 0.25) is 0 Å². The Bertz CT molecular complexity index is 612. The van der Waals surface area contributed by atoms with E-state index in [9.17, 15) is 18.0 Å². The fourth-order valence-corrected chi connectivity index (χ4v) is 4.31. The number of benzene rings is 1. The van der Waals surface area contributed by atoms with Gasteiger partial charge in [-0.25, -0.2) is 4.79 Å². The van der Waals surface area contributed by atoms with Crippen LogP contribution in [0, 0.1) is 0 Å². The molecule has 2 fully saturated rings.